The lowest BCUT2D eigenvalue weighted by Gasteiger charge is -2.19. The van der Waals surface area contributed by atoms with Crippen molar-refractivity contribution in [3.63, 3.8) is 0 Å². The molecule has 0 N–H and O–H groups in total. The van der Waals surface area contributed by atoms with Gasteiger partial charge in [-0.05, 0) is 43.0 Å². The molecular formula is C19H18N4O2. The Morgan fingerprint density at radius 3 is 2.56 bits per heavy atom. The monoisotopic (exact) mass is 334 g/mol. The molecule has 3 aromatic rings. The zero-order valence-electron chi connectivity index (χ0n) is 14.0. The van der Waals surface area contributed by atoms with Crippen LogP contribution in [0.5, 0.6) is 0 Å². The van der Waals surface area contributed by atoms with Crippen LogP contribution < -0.4 is 4.90 Å². The molecule has 0 spiro atoms. The fraction of sp³-hybridized carbons (Fsp3) is 0.263. The van der Waals surface area contributed by atoms with E-state index in [1.165, 1.54) is 18.9 Å². The van der Waals surface area contributed by atoms with Gasteiger partial charge in [-0.3, -0.25) is 10.1 Å². The van der Waals surface area contributed by atoms with Crippen LogP contribution in [-0.4, -0.2) is 28.0 Å². The number of nitro groups is 1. The first-order valence-corrected chi connectivity index (χ1v) is 8.40. The highest BCUT2D eigenvalue weighted by Crippen LogP contribution is 2.31. The van der Waals surface area contributed by atoms with Gasteiger partial charge in [-0.1, -0.05) is 18.2 Å². The highest BCUT2D eigenvalue weighted by molar-refractivity contribution is 5.92. The molecule has 126 valence electrons. The van der Waals surface area contributed by atoms with Crippen LogP contribution in [0.1, 0.15) is 18.7 Å². The third kappa shape index (κ3) is 2.91. The fourth-order valence-corrected chi connectivity index (χ4v) is 3.37. The lowest BCUT2D eigenvalue weighted by molar-refractivity contribution is -0.384. The summed E-state index contributed by atoms with van der Waals surface area (Å²) in [6, 6.07) is 12.7. The Hall–Kier alpha value is -3.02. The third-order valence-electron chi connectivity index (χ3n) is 4.58. The van der Waals surface area contributed by atoms with E-state index in [-0.39, 0.29) is 10.6 Å². The molecule has 0 saturated carbocycles. The topological polar surface area (TPSA) is 72.2 Å². The van der Waals surface area contributed by atoms with E-state index in [0.717, 1.165) is 46.8 Å². The number of aryl methyl sites for hydroxylation is 1. The quantitative estimate of drug-likeness (QED) is 0.532. The number of benzene rings is 2. The number of aromatic nitrogens is 2. The van der Waals surface area contributed by atoms with E-state index in [1.807, 2.05) is 31.2 Å². The second-order valence-electron chi connectivity index (χ2n) is 6.33. The third-order valence-corrected chi connectivity index (χ3v) is 4.58. The van der Waals surface area contributed by atoms with E-state index in [0.29, 0.717) is 0 Å². The molecule has 0 bridgehead atoms. The number of nitrogens with zero attached hydrogens (tertiary/aromatic N) is 4. The Bertz CT molecular complexity index is 965. The van der Waals surface area contributed by atoms with Gasteiger partial charge in [0.05, 0.1) is 10.4 Å². The number of hydrogen-bond acceptors (Lipinski definition) is 5. The first-order valence-electron chi connectivity index (χ1n) is 8.40. The molecule has 0 radical (unpaired) electrons. The number of hydrogen-bond donors (Lipinski definition) is 0. The molecular weight excluding hydrogens is 316 g/mol. The molecule has 0 atom stereocenters. The smallest absolute Gasteiger partial charge is 0.270 e. The van der Waals surface area contributed by atoms with Crippen molar-refractivity contribution in [1.82, 2.24) is 9.97 Å². The molecule has 0 aliphatic carbocycles. The molecule has 6 heteroatoms. The maximum Gasteiger partial charge on any atom is 0.270 e. The van der Waals surface area contributed by atoms with Crippen LogP contribution >= 0.6 is 0 Å². The lowest BCUT2D eigenvalue weighted by atomic mass is 10.0. The van der Waals surface area contributed by atoms with Crippen LogP contribution in [0.3, 0.4) is 0 Å². The number of nitro benzene ring substituents is 1. The van der Waals surface area contributed by atoms with Crippen molar-refractivity contribution in [3.05, 3.63) is 58.4 Å². The second kappa shape index (κ2) is 6.12. The highest BCUT2D eigenvalue weighted by atomic mass is 16.6. The summed E-state index contributed by atoms with van der Waals surface area (Å²) in [5.74, 6) is 1.73. The van der Waals surface area contributed by atoms with E-state index in [9.17, 15) is 10.1 Å². The van der Waals surface area contributed by atoms with Crippen LogP contribution in [0.4, 0.5) is 11.5 Å². The van der Waals surface area contributed by atoms with Crippen molar-refractivity contribution in [2.24, 2.45) is 0 Å². The fourth-order valence-electron chi connectivity index (χ4n) is 3.37. The van der Waals surface area contributed by atoms with Crippen molar-refractivity contribution in [3.8, 4) is 11.1 Å². The predicted molar refractivity (Wildman–Crippen MR) is 97.8 cm³/mol. The molecule has 1 aliphatic heterocycles. The zero-order valence-corrected chi connectivity index (χ0v) is 14.0. The SMILES string of the molecule is Cc1nc(N2CCCC2)c2ccc(-c3cccc([N+](=O)[O-])c3)cc2n1. The van der Waals surface area contributed by atoms with Crippen LogP contribution in [0.15, 0.2) is 42.5 Å². The number of fused-ring (bicyclic) bond motifs is 1. The standard InChI is InChI=1S/C19H18N4O2/c1-13-20-18-12-15(14-5-4-6-16(11-14)23(24)25)7-8-17(18)19(21-13)22-9-2-3-10-22/h4-8,11-12H,2-3,9-10H2,1H3. The van der Waals surface area contributed by atoms with Gasteiger partial charge < -0.3 is 4.90 Å². The first kappa shape index (κ1) is 15.5. The summed E-state index contributed by atoms with van der Waals surface area (Å²) < 4.78 is 0. The van der Waals surface area contributed by atoms with E-state index in [1.54, 1.807) is 12.1 Å². The molecule has 0 amide bonds. The first-order chi connectivity index (χ1) is 12.1. The molecule has 0 unspecified atom stereocenters. The largest absolute Gasteiger partial charge is 0.356 e. The van der Waals surface area contributed by atoms with E-state index in [2.05, 4.69) is 14.9 Å². The highest BCUT2D eigenvalue weighted by Gasteiger charge is 2.18. The van der Waals surface area contributed by atoms with E-state index >= 15 is 0 Å². The van der Waals surface area contributed by atoms with Crippen molar-refractivity contribution < 1.29 is 4.92 Å². The summed E-state index contributed by atoms with van der Waals surface area (Å²) in [6.45, 7) is 3.95. The summed E-state index contributed by atoms with van der Waals surface area (Å²) in [6.07, 6.45) is 2.38. The van der Waals surface area contributed by atoms with Gasteiger partial charge in [0.2, 0.25) is 0 Å². The maximum absolute atomic E-state index is 11.0. The Kier molecular flexibility index (Phi) is 3.80. The number of rotatable bonds is 3. The molecule has 2 aromatic carbocycles. The molecule has 1 fully saturated rings. The average molecular weight is 334 g/mol. The Morgan fingerprint density at radius 1 is 1.04 bits per heavy atom. The van der Waals surface area contributed by atoms with Gasteiger partial charge in [-0.2, -0.15) is 0 Å². The summed E-state index contributed by atoms with van der Waals surface area (Å²) in [5, 5.41) is 12.0. The number of anilines is 1. The van der Waals surface area contributed by atoms with Crippen LogP contribution in [-0.2, 0) is 0 Å². The van der Waals surface area contributed by atoms with Gasteiger partial charge in [-0.25, -0.2) is 9.97 Å². The second-order valence-corrected chi connectivity index (χ2v) is 6.33. The molecule has 2 heterocycles. The molecule has 1 aromatic heterocycles. The normalized spacial score (nSPS) is 14.2. The van der Waals surface area contributed by atoms with Gasteiger partial charge in [0.15, 0.2) is 0 Å². The number of non-ortho nitro benzene ring substituents is 1. The zero-order chi connectivity index (χ0) is 17.4. The minimum absolute atomic E-state index is 0.0919. The molecule has 6 nitrogen and oxygen atoms in total. The minimum Gasteiger partial charge on any atom is -0.356 e. The van der Waals surface area contributed by atoms with E-state index < -0.39 is 0 Å². The summed E-state index contributed by atoms with van der Waals surface area (Å²) >= 11 is 0. The maximum atomic E-state index is 11.0. The van der Waals surface area contributed by atoms with Gasteiger partial charge >= 0.3 is 0 Å². The molecule has 1 saturated heterocycles. The lowest BCUT2D eigenvalue weighted by Crippen LogP contribution is -2.20. The van der Waals surface area contributed by atoms with Gasteiger partial charge in [0.25, 0.3) is 5.69 Å². The van der Waals surface area contributed by atoms with Gasteiger partial charge in [0.1, 0.15) is 11.6 Å². The van der Waals surface area contributed by atoms with Gasteiger partial charge in [-0.15, -0.1) is 0 Å². The average Bonchev–Trinajstić information content (AvgIpc) is 3.15. The van der Waals surface area contributed by atoms with Crippen LogP contribution in [0.2, 0.25) is 0 Å². The predicted octanol–water partition coefficient (Wildman–Crippen LogP) is 4.11. The summed E-state index contributed by atoms with van der Waals surface area (Å²) in [5.41, 5.74) is 2.70. The Labute approximate surface area is 145 Å². The van der Waals surface area contributed by atoms with Crippen molar-refractivity contribution >= 4 is 22.4 Å². The van der Waals surface area contributed by atoms with Crippen molar-refractivity contribution in [2.75, 3.05) is 18.0 Å². The summed E-state index contributed by atoms with van der Waals surface area (Å²) in [4.78, 5) is 22.2. The van der Waals surface area contributed by atoms with Crippen molar-refractivity contribution in [2.45, 2.75) is 19.8 Å². The summed E-state index contributed by atoms with van der Waals surface area (Å²) in [7, 11) is 0. The van der Waals surface area contributed by atoms with Crippen molar-refractivity contribution in [1.29, 1.82) is 0 Å². The van der Waals surface area contributed by atoms with E-state index in [4.69, 9.17) is 0 Å². The Morgan fingerprint density at radius 2 is 1.80 bits per heavy atom. The van der Waals surface area contributed by atoms with Gasteiger partial charge in [0, 0.05) is 30.6 Å². The van der Waals surface area contributed by atoms with Crippen LogP contribution in [0.25, 0.3) is 22.0 Å². The molecule has 1 aliphatic rings. The Balaban J connectivity index is 1.83. The van der Waals surface area contributed by atoms with Crippen LogP contribution in [0, 0.1) is 17.0 Å². The minimum atomic E-state index is -0.373. The molecule has 25 heavy (non-hydrogen) atoms. The molecule has 4 rings (SSSR count).